The summed E-state index contributed by atoms with van der Waals surface area (Å²) in [7, 11) is 0. The third-order valence-corrected chi connectivity index (χ3v) is 3.28. The number of fused-ring (bicyclic) bond motifs is 1. The van der Waals surface area contributed by atoms with Crippen LogP contribution in [-0.2, 0) is 17.7 Å². The Morgan fingerprint density at radius 2 is 2.38 bits per heavy atom. The maximum Gasteiger partial charge on any atom is 0.255 e. The van der Waals surface area contributed by atoms with E-state index in [1.54, 1.807) is 0 Å². The molecule has 2 aliphatic rings. The lowest BCUT2D eigenvalue weighted by molar-refractivity contribution is 0.193. The van der Waals surface area contributed by atoms with Crippen LogP contribution in [0.2, 0.25) is 0 Å². The lowest BCUT2D eigenvalue weighted by Gasteiger charge is -2.17. The van der Waals surface area contributed by atoms with E-state index >= 15 is 0 Å². The second kappa shape index (κ2) is 3.99. The van der Waals surface area contributed by atoms with E-state index in [-0.39, 0.29) is 11.5 Å². The lowest BCUT2D eigenvalue weighted by Crippen LogP contribution is -2.32. The number of nitrogens with one attached hydrogen (secondary N) is 2. The van der Waals surface area contributed by atoms with Gasteiger partial charge in [-0.2, -0.15) is 0 Å². The van der Waals surface area contributed by atoms with Gasteiger partial charge in [-0.3, -0.25) is 4.79 Å². The molecule has 0 aliphatic carbocycles. The summed E-state index contributed by atoms with van der Waals surface area (Å²) in [5.41, 5.74) is 1.78. The maximum atomic E-state index is 11.9. The summed E-state index contributed by atoms with van der Waals surface area (Å²) in [6.07, 6.45) is 1.81. The summed E-state index contributed by atoms with van der Waals surface area (Å²) in [6.45, 7) is 3.00. The van der Waals surface area contributed by atoms with Gasteiger partial charge in [-0.15, -0.1) is 0 Å². The van der Waals surface area contributed by atoms with Crippen LogP contribution in [0.15, 0.2) is 4.79 Å². The summed E-state index contributed by atoms with van der Waals surface area (Å²) < 4.78 is 5.32. The smallest absolute Gasteiger partial charge is 0.255 e. The van der Waals surface area contributed by atoms with Gasteiger partial charge in [-0.1, -0.05) is 0 Å². The van der Waals surface area contributed by atoms with Crippen molar-refractivity contribution in [1.29, 1.82) is 0 Å². The number of hydrogen-bond acceptors (Lipinski definition) is 4. The van der Waals surface area contributed by atoms with E-state index in [1.165, 1.54) is 0 Å². The fourth-order valence-corrected chi connectivity index (χ4v) is 2.32. The average molecular weight is 221 g/mol. The van der Waals surface area contributed by atoms with E-state index in [4.69, 9.17) is 4.74 Å². The Balaban J connectivity index is 2.01. The molecule has 0 aromatic carbocycles. The summed E-state index contributed by atoms with van der Waals surface area (Å²) >= 11 is 0. The molecule has 1 atom stereocenters. The first-order chi connectivity index (χ1) is 7.84. The molecule has 1 unspecified atom stereocenters. The molecule has 2 N–H and O–H groups in total. The normalized spacial score (nSPS) is 24.4. The number of aromatic nitrogens is 2. The van der Waals surface area contributed by atoms with Crippen molar-refractivity contribution in [1.82, 2.24) is 15.3 Å². The summed E-state index contributed by atoms with van der Waals surface area (Å²) in [5.74, 6) is 1.08. The Morgan fingerprint density at radius 1 is 1.44 bits per heavy atom. The van der Waals surface area contributed by atoms with E-state index in [0.717, 1.165) is 43.1 Å². The van der Waals surface area contributed by atoms with Crippen molar-refractivity contribution in [3.05, 3.63) is 27.4 Å². The van der Waals surface area contributed by atoms with Gasteiger partial charge < -0.3 is 15.0 Å². The summed E-state index contributed by atoms with van der Waals surface area (Å²) in [4.78, 5) is 19.3. The van der Waals surface area contributed by atoms with Crippen molar-refractivity contribution in [2.75, 3.05) is 19.8 Å². The molecule has 1 aromatic heterocycles. The van der Waals surface area contributed by atoms with Crippen LogP contribution in [0.25, 0.3) is 0 Å². The van der Waals surface area contributed by atoms with Crippen molar-refractivity contribution in [2.45, 2.75) is 25.3 Å². The van der Waals surface area contributed by atoms with Gasteiger partial charge in [0.15, 0.2) is 0 Å². The molecule has 5 nitrogen and oxygen atoms in total. The highest BCUT2D eigenvalue weighted by Gasteiger charge is 2.23. The second-order valence-electron chi connectivity index (χ2n) is 4.36. The van der Waals surface area contributed by atoms with Gasteiger partial charge in [-0.05, 0) is 6.42 Å². The van der Waals surface area contributed by atoms with Crippen LogP contribution in [0.1, 0.15) is 29.4 Å². The van der Waals surface area contributed by atoms with Crippen LogP contribution >= 0.6 is 0 Å². The molecular weight excluding hydrogens is 206 g/mol. The van der Waals surface area contributed by atoms with Gasteiger partial charge >= 0.3 is 0 Å². The van der Waals surface area contributed by atoms with Gasteiger partial charge in [0.1, 0.15) is 5.82 Å². The van der Waals surface area contributed by atoms with Gasteiger partial charge in [0.25, 0.3) is 5.56 Å². The third-order valence-electron chi connectivity index (χ3n) is 3.28. The molecule has 86 valence electrons. The monoisotopic (exact) mass is 221 g/mol. The third kappa shape index (κ3) is 1.66. The van der Waals surface area contributed by atoms with Gasteiger partial charge in [0, 0.05) is 32.0 Å². The van der Waals surface area contributed by atoms with Crippen molar-refractivity contribution in [2.24, 2.45) is 0 Å². The standard InChI is InChI=1S/C11H15N3O2/c15-11-8-5-12-3-1-9(8)13-10(14-11)7-2-4-16-6-7/h7,12H,1-6H2,(H,13,14,15). The van der Waals surface area contributed by atoms with Crippen LogP contribution in [0, 0.1) is 0 Å². The minimum Gasteiger partial charge on any atom is -0.381 e. The van der Waals surface area contributed by atoms with E-state index in [9.17, 15) is 4.79 Å². The number of hydrogen-bond donors (Lipinski definition) is 2. The second-order valence-corrected chi connectivity index (χ2v) is 4.36. The van der Waals surface area contributed by atoms with Crippen LogP contribution in [0.5, 0.6) is 0 Å². The summed E-state index contributed by atoms with van der Waals surface area (Å²) in [5, 5.41) is 3.19. The molecule has 0 radical (unpaired) electrons. The quantitative estimate of drug-likeness (QED) is 0.696. The Bertz CT molecular complexity index is 449. The number of rotatable bonds is 1. The predicted octanol–water partition coefficient (Wildman–Crippen LogP) is -0.0805. The molecule has 0 saturated carbocycles. The molecule has 1 saturated heterocycles. The average Bonchev–Trinajstić information content (AvgIpc) is 2.82. The fraction of sp³-hybridized carbons (Fsp3) is 0.636. The molecule has 0 bridgehead atoms. The SMILES string of the molecule is O=c1[nH]c(C2CCOC2)nc2c1CNCC2. The topological polar surface area (TPSA) is 67.0 Å². The van der Waals surface area contributed by atoms with E-state index in [0.29, 0.717) is 13.2 Å². The molecule has 16 heavy (non-hydrogen) atoms. The van der Waals surface area contributed by atoms with Gasteiger partial charge in [-0.25, -0.2) is 4.98 Å². The number of ether oxygens (including phenoxy) is 1. The Kier molecular flexibility index (Phi) is 2.49. The molecule has 5 heteroatoms. The zero-order valence-electron chi connectivity index (χ0n) is 9.08. The molecule has 0 spiro atoms. The number of nitrogens with zero attached hydrogens (tertiary/aromatic N) is 1. The first-order valence-electron chi connectivity index (χ1n) is 5.75. The maximum absolute atomic E-state index is 11.9. The minimum atomic E-state index is 0.0131. The zero-order chi connectivity index (χ0) is 11.0. The van der Waals surface area contributed by atoms with Crippen LogP contribution in [-0.4, -0.2) is 29.7 Å². The van der Waals surface area contributed by atoms with E-state index in [1.807, 2.05) is 0 Å². The molecule has 3 heterocycles. The molecule has 0 amide bonds. The van der Waals surface area contributed by atoms with E-state index < -0.39 is 0 Å². The van der Waals surface area contributed by atoms with Gasteiger partial charge in [0.2, 0.25) is 0 Å². The molecule has 1 aromatic rings. The lowest BCUT2D eigenvalue weighted by atomic mass is 10.1. The van der Waals surface area contributed by atoms with Crippen LogP contribution in [0.3, 0.4) is 0 Å². The van der Waals surface area contributed by atoms with Crippen molar-refractivity contribution < 1.29 is 4.74 Å². The first-order valence-corrected chi connectivity index (χ1v) is 5.75. The molecule has 3 rings (SSSR count). The van der Waals surface area contributed by atoms with Crippen LogP contribution in [0.4, 0.5) is 0 Å². The number of H-pyrrole nitrogens is 1. The summed E-state index contributed by atoms with van der Waals surface area (Å²) in [6, 6.07) is 0. The minimum absolute atomic E-state index is 0.0131. The van der Waals surface area contributed by atoms with Crippen molar-refractivity contribution in [3.8, 4) is 0 Å². The highest BCUT2D eigenvalue weighted by molar-refractivity contribution is 5.21. The highest BCUT2D eigenvalue weighted by atomic mass is 16.5. The number of aromatic amines is 1. The van der Waals surface area contributed by atoms with Crippen molar-refractivity contribution >= 4 is 0 Å². The first kappa shape index (κ1) is 9.99. The van der Waals surface area contributed by atoms with Crippen LogP contribution < -0.4 is 10.9 Å². The van der Waals surface area contributed by atoms with Gasteiger partial charge in [0.05, 0.1) is 17.9 Å². The molecule has 2 aliphatic heterocycles. The predicted molar refractivity (Wildman–Crippen MR) is 58.4 cm³/mol. The Labute approximate surface area is 93.2 Å². The largest absolute Gasteiger partial charge is 0.381 e. The Morgan fingerprint density at radius 3 is 3.19 bits per heavy atom. The molecular formula is C11H15N3O2. The zero-order valence-corrected chi connectivity index (χ0v) is 9.08. The highest BCUT2D eigenvalue weighted by Crippen LogP contribution is 2.22. The molecule has 1 fully saturated rings. The Hall–Kier alpha value is -1.20. The fourth-order valence-electron chi connectivity index (χ4n) is 2.32. The van der Waals surface area contributed by atoms with E-state index in [2.05, 4.69) is 15.3 Å². The van der Waals surface area contributed by atoms with Crippen molar-refractivity contribution in [3.63, 3.8) is 0 Å².